The van der Waals surface area contributed by atoms with Crippen LogP contribution in [0.3, 0.4) is 0 Å². The largest absolute Gasteiger partial charge is 0.472 e. The van der Waals surface area contributed by atoms with E-state index >= 15 is 0 Å². The molecule has 0 aliphatic heterocycles. The maximum Gasteiger partial charge on any atom is 0.472 e. The second kappa shape index (κ2) is 62.4. The lowest BCUT2D eigenvalue weighted by atomic mass is 10.0. The number of hydrogen-bond donors (Lipinski definition) is 3. The Morgan fingerprint density at radius 1 is 0.341 bits per heavy atom. The number of aliphatic hydroxyl groups is 1. The predicted octanol–water partition coefficient (Wildman–Crippen LogP) is 20.2. The highest BCUT2D eigenvalue weighted by molar-refractivity contribution is 7.47. The summed E-state index contributed by atoms with van der Waals surface area (Å²) < 4.78 is 68.2. The van der Waals surface area contributed by atoms with Crippen LogP contribution >= 0.6 is 15.6 Å². The molecule has 0 amide bonds. The molecule has 17 nitrogen and oxygen atoms in total. The summed E-state index contributed by atoms with van der Waals surface area (Å²) in [6.45, 7) is 11.6. The van der Waals surface area contributed by atoms with Crippen molar-refractivity contribution in [3.05, 3.63) is 24.3 Å². The number of carbonyl (C=O) groups is 4. The first-order valence-electron chi connectivity index (χ1n) is 36.7. The van der Waals surface area contributed by atoms with Gasteiger partial charge in [0.25, 0.3) is 0 Å². The van der Waals surface area contributed by atoms with Crippen LogP contribution in [0.2, 0.25) is 0 Å². The number of unbranched alkanes of at least 4 members (excludes halogenated alkanes) is 33. The van der Waals surface area contributed by atoms with Gasteiger partial charge in [0.2, 0.25) is 0 Å². The number of rotatable bonds is 68. The summed E-state index contributed by atoms with van der Waals surface area (Å²) in [7, 11) is -9.91. The van der Waals surface area contributed by atoms with E-state index in [0.717, 1.165) is 115 Å². The van der Waals surface area contributed by atoms with Crippen LogP contribution in [0, 0.1) is 17.8 Å². The Balaban J connectivity index is 5.19. The molecule has 0 saturated carbocycles. The van der Waals surface area contributed by atoms with Crippen molar-refractivity contribution in [2.75, 3.05) is 39.6 Å². The molecule has 2 unspecified atom stereocenters. The van der Waals surface area contributed by atoms with Gasteiger partial charge in [0.15, 0.2) is 12.2 Å². The maximum atomic E-state index is 13.0. The average Bonchev–Trinajstić information content (AvgIpc) is 3.12. The van der Waals surface area contributed by atoms with Gasteiger partial charge in [0, 0.05) is 25.7 Å². The fraction of sp³-hybridized carbons (Fsp3) is 0.889. The van der Waals surface area contributed by atoms with E-state index in [1.807, 2.05) is 0 Å². The Hall–Kier alpha value is -2.46. The first-order chi connectivity index (χ1) is 43.7. The van der Waals surface area contributed by atoms with Crippen LogP contribution in [0.15, 0.2) is 24.3 Å². The molecule has 3 N–H and O–H groups in total. The van der Waals surface area contributed by atoms with Gasteiger partial charge in [-0.1, -0.05) is 285 Å². The molecule has 0 rings (SSSR count). The molecule has 536 valence electrons. The van der Waals surface area contributed by atoms with Gasteiger partial charge in [-0.15, -0.1) is 0 Å². The van der Waals surface area contributed by atoms with Crippen molar-refractivity contribution in [3.8, 4) is 0 Å². The molecule has 0 aromatic rings. The molecule has 0 bridgehead atoms. The van der Waals surface area contributed by atoms with Crippen molar-refractivity contribution in [3.63, 3.8) is 0 Å². The van der Waals surface area contributed by atoms with E-state index in [1.54, 1.807) is 0 Å². The van der Waals surface area contributed by atoms with Gasteiger partial charge in [-0.05, 0) is 69.1 Å². The number of phosphoric acid groups is 2. The molecule has 0 fully saturated rings. The molecule has 0 aromatic heterocycles. The Bertz CT molecular complexity index is 1880. The fourth-order valence-corrected chi connectivity index (χ4v) is 11.9. The Morgan fingerprint density at radius 3 is 0.890 bits per heavy atom. The van der Waals surface area contributed by atoms with Gasteiger partial charge in [-0.2, -0.15) is 0 Å². The van der Waals surface area contributed by atoms with E-state index in [9.17, 15) is 43.2 Å². The SMILES string of the molecule is CCCCCC/C=C\C=C/CCCCCCCC(=O)O[C@H](COC(=O)CCCCCCCCC(C)C)COP(=O)(O)OC[C@H](O)COP(=O)(O)OC[C@@H](COC(=O)CCCCCCCCCCCCCCCCCC(C)C)OC(=O)CCCCCCCCC(C)C. The van der Waals surface area contributed by atoms with Gasteiger partial charge >= 0.3 is 39.5 Å². The minimum atomic E-state index is -4.96. The van der Waals surface area contributed by atoms with Crippen molar-refractivity contribution in [2.24, 2.45) is 17.8 Å². The molecule has 91 heavy (non-hydrogen) atoms. The number of carbonyl (C=O) groups excluding carboxylic acids is 4. The predicted molar refractivity (Wildman–Crippen MR) is 367 cm³/mol. The van der Waals surface area contributed by atoms with Crippen LogP contribution in [0.1, 0.15) is 337 Å². The summed E-state index contributed by atoms with van der Waals surface area (Å²) in [6.07, 6.45) is 49.8. The monoisotopic (exact) mass is 1330 g/mol. The highest BCUT2D eigenvalue weighted by Crippen LogP contribution is 2.45. The third kappa shape index (κ3) is 66.0. The Morgan fingerprint density at radius 2 is 0.593 bits per heavy atom. The third-order valence-electron chi connectivity index (χ3n) is 16.0. The van der Waals surface area contributed by atoms with E-state index in [2.05, 4.69) is 72.8 Å². The van der Waals surface area contributed by atoms with Crippen LogP contribution in [0.5, 0.6) is 0 Å². The highest BCUT2D eigenvalue weighted by Gasteiger charge is 2.30. The van der Waals surface area contributed by atoms with Gasteiger partial charge in [-0.3, -0.25) is 37.3 Å². The summed E-state index contributed by atoms with van der Waals surface area (Å²) in [5.41, 5.74) is 0. The van der Waals surface area contributed by atoms with Crippen LogP contribution in [0.4, 0.5) is 0 Å². The normalized spacial score (nSPS) is 14.3. The third-order valence-corrected chi connectivity index (χ3v) is 17.9. The standard InChI is InChI=1S/C72H136O17P2/c1-8-9-10-11-12-13-14-15-17-22-25-28-31-41-48-55-71(76)88-67(60-83-70(75)54-47-40-34-32-37-44-51-64(4)5)61-86-90(78,79)84-57-66(73)58-85-91(80,81)87-62-68(89-72(77)56-49-42-35-33-38-45-52-65(6)7)59-82-69(74)53-46-39-30-27-24-21-19-16-18-20-23-26-29-36-43-50-63(2)3/h13-15,17,63-68,73H,8-12,16,18-62H2,1-7H3,(H,78,79)(H,80,81)/b14-13-,17-15-/t66-,67+,68+/m0/s1. The lowest BCUT2D eigenvalue weighted by Crippen LogP contribution is -2.30. The molecule has 0 aliphatic carbocycles. The number of esters is 4. The zero-order valence-corrected chi connectivity index (χ0v) is 60.6. The van der Waals surface area contributed by atoms with Crippen LogP contribution < -0.4 is 0 Å². The molecule has 0 radical (unpaired) electrons. The second-order valence-electron chi connectivity index (χ2n) is 26.7. The molecular weight excluding hydrogens is 1200 g/mol. The van der Waals surface area contributed by atoms with E-state index in [0.29, 0.717) is 37.5 Å². The molecule has 19 heteroatoms. The number of aliphatic hydroxyl groups excluding tert-OH is 1. The van der Waals surface area contributed by atoms with Gasteiger partial charge < -0.3 is 33.8 Å². The first kappa shape index (κ1) is 88.5. The van der Waals surface area contributed by atoms with E-state index in [1.165, 1.54) is 128 Å². The van der Waals surface area contributed by atoms with Gasteiger partial charge in [0.1, 0.15) is 19.3 Å². The van der Waals surface area contributed by atoms with Crippen molar-refractivity contribution >= 4 is 39.5 Å². The summed E-state index contributed by atoms with van der Waals surface area (Å²) in [5.74, 6) is -0.0130. The Labute approximate surface area is 554 Å². The summed E-state index contributed by atoms with van der Waals surface area (Å²) in [6, 6.07) is 0. The molecular formula is C72H136O17P2. The summed E-state index contributed by atoms with van der Waals surface area (Å²) >= 11 is 0. The zero-order chi connectivity index (χ0) is 67.3. The number of hydrogen-bond acceptors (Lipinski definition) is 15. The van der Waals surface area contributed by atoms with Crippen LogP contribution in [-0.2, 0) is 65.4 Å². The zero-order valence-electron chi connectivity index (χ0n) is 58.8. The number of phosphoric ester groups is 2. The smallest absolute Gasteiger partial charge is 0.462 e. The lowest BCUT2D eigenvalue weighted by molar-refractivity contribution is -0.161. The fourth-order valence-electron chi connectivity index (χ4n) is 10.4. The number of ether oxygens (including phenoxy) is 4. The maximum absolute atomic E-state index is 13.0. The average molecular weight is 1340 g/mol. The minimum Gasteiger partial charge on any atom is -0.462 e. The minimum absolute atomic E-state index is 0.0834. The quantitative estimate of drug-likeness (QED) is 0.0169. The molecule has 0 spiro atoms. The van der Waals surface area contributed by atoms with E-state index in [-0.39, 0.29) is 25.7 Å². The lowest BCUT2D eigenvalue weighted by Gasteiger charge is -2.21. The van der Waals surface area contributed by atoms with Crippen molar-refractivity contribution < 1.29 is 80.2 Å². The molecule has 0 saturated heterocycles. The van der Waals surface area contributed by atoms with Crippen LogP contribution in [0.25, 0.3) is 0 Å². The van der Waals surface area contributed by atoms with E-state index < -0.39 is 97.5 Å². The van der Waals surface area contributed by atoms with Crippen LogP contribution in [-0.4, -0.2) is 96.7 Å². The Kier molecular flexibility index (Phi) is 60.7. The molecule has 0 aromatic carbocycles. The van der Waals surface area contributed by atoms with Crippen molar-refractivity contribution in [1.29, 1.82) is 0 Å². The summed E-state index contributed by atoms with van der Waals surface area (Å²) in [5, 5.41) is 10.6. The summed E-state index contributed by atoms with van der Waals surface area (Å²) in [4.78, 5) is 72.5. The van der Waals surface area contributed by atoms with Crippen molar-refractivity contribution in [1.82, 2.24) is 0 Å². The molecule has 5 atom stereocenters. The van der Waals surface area contributed by atoms with Gasteiger partial charge in [0.05, 0.1) is 26.4 Å². The van der Waals surface area contributed by atoms with E-state index in [4.69, 9.17) is 37.0 Å². The topological polar surface area (TPSA) is 237 Å². The molecule has 0 heterocycles. The first-order valence-corrected chi connectivity index (χ1v) is 39.7. The highest BCUT2D eigenvalue weighted by atomic mass is 31.2. The molecule has 0 aliphatic rings. The van der Waals surface area contributed by atoms with Gasteiger partial charge in [-0.25, -0.2) is 9.13 Å². The number of allylic oxidation sites excluding steroid dienone is 4. The second-order valence-corrected chi connectivity index (χ2v) is 29.6. The van der Waals surface area contributed by atoms with Crippen molar-refractivity contribution in [2.45, 2.75) is 356 Å².